The molecule has 2 aromatic rings. The number of carbonyl (C=O) groups is 2. The Bertz CT molecular complexity index is 1230. The fourth-order valence-corrected chi connectivity index (χ4v) is 4.37. The van der Waals surface area contributed by atoms with Crippen LogP contribution >= 0.6 is 0 Å². The van der Waals surface area contributed by atoms with Crippen LogP contribution in [0.15, 0.2) is 23.0 Å². The molecule has 1 aliphatic rings. The Morgan fingerprint density at radius 3 is 2.14 bits per heavy atom. The van der Waals surface area contributed by atoms with Crippen molar-refractivity contribution in [3.05, 3.63) is 45.1 Å². The van der Waals surface area contributed by atoms with Crippen LogP contribution in [0.2, 0.25) is 0 Å². The van der Waals surface area contributed by atoms with Crippen LogP contribution in [0.1, 0.15) is 54.6 Å². The molecule has 0 aliphatic heterocycles. The SMILES string of the molecule is COC(=O)c1ccc2c(cc1=O)C(C(=O)OC(C)(C)C)CCc1c(N)c(OC)c(OC)c(OC)c1-2. The molecule has 2 N–H and O–H groups in total. The number of hydrogen-bond acceptors (Lipinski definition) is 9. The summed E-state index contributed by atoms with van der Waals surface area (Å²) in [4.78, 5) is 38.7. The molecule has 0 bridgehead atoms. The normalized spacial score (nSPS) is 14.7. The minimum absolute atomic E-state index is 0.169. The zero-order valence-corrected chi connectivity index (χ0v) is 21.1. The third-order valence-electron chi connectivity index (χ3n) is 5.83. The van der Waals surface area contributed by atoms with Crippen LogP contribution in [-0.4, -0.2) is 46.0 Å². The number of methoxy groups -OCH3 is 4. The Hall–Kier alpha value is -3.75. The average Bonchev–Trinajstić information content (AvgIpc) is 3.05. The highest BCUT2D eigenvalue weighted by Crippen LogP contribution is 2.54. The third-order valence-corrected chi connectivity index (χ3v) is 5.83. The molecular weight excluding hydrogens is 454 g/mol. The van der Waals surface area contributed by atoms with Gasteiger partial charge in [-0.3, -0.25) is 9.59 Å². The number of benzene rings is 1. The van der Waals surface area contributed by atoms with E-state index in [0.29, 0.717) is 52.3 Å². The van der Waals surface area contributed by atoms with E-state index in [-0.39, 0.29) is 11.3 Å². The Morgan fingerprint density at radius 2 is 1.60 bits per heavy atom. The van der Waals surface area contributed by atoms with E-state index in [1.165, 1.54) is 40.6 Å². The summed E-state index contributed by atoms with van der Waals surface area (Å²) in [7, 11) is 5.61. The lowest BCUT2D eigenvalue weighted by Gasteiger charge is -2.24. The molecule has 2 aromatic carbocycles. The molecule has 188 valence electrons. The lowest BCUT2D eigenvalue weighted by atomic mass is 9.92. The van der Waals surface area contributed by atoms with Crippen molar-refractivity contribution in [2.75, 3.05) is 34.2 Å². The van der Waals surface area contributed by atoms with E-state index in [0.717, 1.165) is 0 Å². The summed E-state index contributed by atoms with van der Waals surface area (Å²) in [6.07, 6.45) is 0.674. The highest BCUT2D eigenvalue weighted by Gasteiger charge is 2.36. The van der Waals surface area contributed by atoms with Crippen molar-refractivity contribution in [1.82, 2.24) is 0 Å². The van der Waals surface area contributed by atoms with Crippen molar-refractivity contribution >= 4 is 17.6 Å². The lowest BCUT2D eigenvalue weighted by molar-refractivity contribution is -0.156. The number of fused-ring (bicyclic) bond motifs is 3. The number of nitrogens with two attached hydrogens (primary N) is 1. The summed E-state index contributed by atoms with van der Waals surface area (Å²) in [6.45, 7) is 5.31. The van der Waals surface area contributed by atoms with E-state index < -0.39 is 28.9 Å². The average molecular weight is 486 g/mol. The van der Waals surface area contributed by atoms with Gasteiger partial charge in [0.1, 0.15) is 11.2 Å². The van der Waals surface area contributed by atoms with Crippen LogP contribution in [0, 0.1) is 0 Å². The first-order chi connectivity index (χ1) is 16.5. The summed E-state index contributed by atoms with van der Waals surface area (Å²) < 4.78 is 27.3. The zero-order chi connectivity index (χ0) is 26.1. The number of esters is 2. The number of ether oxygens (including phenoxy) is 5. The van der Waals surface area contributed by atoms with Gasteiger partial charge >= 0.3 is 11.9 Å². The number of carbonyl (C=O) groups excluding carboxylic acids is 2. The predicted molar refractivity (Wildman–Crippen MR) is 130 cm³/mol. The molecule has 1 aliphatic carbocycles. The van der Waals surface area contributed by atoms with E-state index in [4.69, 9.17) is 29.4 Å². The second-order valence-corrected chi connectivity index (χ2v) is 9.11. The van der Waals surface area contributed by atoms with Gasteiger partial charge in [0.2, 0.25) is 5.75 Å². The molecule has 9 nitrogen and oxygen atoms in total. The molecule has 1 atom stereocenters. The molecule has 0 amide bonds. The second kappa shape index (κ2) is 9.85. The number of hydrogen-bond donors (Lipinski definition) is 1. The molecule has 35 heavy (non-hydrogen) atoms. The predicted octanol–water partition coefficient (Wildman–Crippen LogP) is 3.48. The minimum atomic E-state index is -0.802. The van der Waals surface area contributed by atoms with Gasteiger partial charge in [-0.1, -0.05) is 6.07 Å². The monoisotopic (exact) mass is 485 g/mol. The van der Waals surface area contributed by atoms with Gasteiger partial charge in [0.05, 0.1) is 40.0 Å². The smallest absolute Gasteiger partial charge is 0.341 e. The molecular formula is C26H31NO8. The Labute approximate surface area is 204 Å². The molecule has 1 unspecified atom stereocenters. The van der Waals surface area contributed by atoms with Gasteiger partial charge in [-0.15, -0.1) is 0 Å². The first-order valence-corrected chi connectivity index (χ1v) is 11.1. The van der Waals surface area contributed by atoms with Crippen LogP contribution < -0.4 is 25.4 Å². The van der Waals surface area contributed by atoms with E-state index in [1.807, 2.05) is 0 Å². The zero-order valence-electron chi connectivity index (χ0n) is 21.1. The van der Waals surface area contributed by atoms with Crippen molar-refractivity contribution in [2.45, 2.75) is 45.1 Å². The quantitative estimate of drug-likeness (QED) is 0.501. The molecule has 0 heterocycles. The Balaban J connectivity index is 2.46. The van der Waals surface area contributed by atoms with Gasteiger partial charge < -0.3 is 29.4 Å². The van der Waals surface area contributed by atoms with Crippen LogP contribution in [0.25, 0.3) is 11.1 Å². The topological polar surface area (TPSA) is 123 Å². The minimum Gasteiger partial charge on any atom is -0.492 e. The number of rotatable bonds is 5. The maximum atomic E-state index is 13.3. The van der Waals surface area contributed by atoms with Gasteiger partial charge in [-0.05, 0) is 62.4 Å². The van der Waals surface area contributed by atoms with Gasteiger partial charge in [0, 0.05) is 5.56 Å². The lowest BCUT2D eigenvalue weighted by Crippen LogP contribution is -2.28. The van der Waals surface area contributed by atoms with Crippen LogP contribution in [0.4, 0.5) is 5.69 Å². The maximum absolute atomic E-state index is 13.3. The van der Waals surface area contributed by atoms with Crippen molar-refractivity contribution in [2.24, 2.45) is 0 Å². The molecule has 0 saturated carbocycles. The molecule has 0 spiro atoms. The van der Waals surface area contributed by atoms with Gasteiger partial charge in [-0.2, -0.15) is 0 Å². The van der Waals surface area contributed by atoms with Gasteiger partial charge in [0.15, 0.2) is 16.9 Å². The summed E-state index contributed by atoms with van der Waals surface area (Å²) in [6, 6.07) is 4.26. The second-order valence-electron chi connectivity index (χ2n) is 9.11. The molecule has 0 radical (unpaired) electrons. The van der Waals surface area contributed by atoms with Crippen LogP contribution in [0.5, 0.6) is 17.2 Å². The van der Waals surface area contributed by atoms with Crippen molar-refractivity contribution < 1.29 is 33.3 Å². The maximum Gasteiger partial charge on any atom is 0.341 e. The van der Waals surface area contributed by atoms with Crippen LogP contribution in [0.3, 0.4) is 0 Å². The van der Waals surface area contributed by atoms with E-state index in [9.17, 15) is 14.4 Å². The Morgan fingerprint density at radius 1 is 0.971 bits per heavy atom. The number of nitrogen functional groups attached to an aromatic ring is 1. The van der Waals surface area contributed by atoms with Crippen molar-refractivity contribution in [3.63, 3.8) is 0 Å². The van der Waals surface area contributed by atoms with Gasteiger partial charge in [-0.25, -0.2) is 4.79 Å². The molecule has 9 heteroatoms. The van der Waals surface area contributed by atoms with E-state index >= 15 is 0 Å². The first-order valence-electron chi connectivity index (χ1n) is 11.1. The van der Waals surface area contributed by atoms with Crippen LogP contribution in [-0.2, 0) is 20.7 Å². The summed E-state index contributed by atoms with van der Waals surface area (Å²) >= 11 is 0. The molecule has 0 fully saturated rings. The first kappa shape index (κ1) is 25.9. The Kier molecular flexibility index (Phi) is 7.28. The molecule has 3 rings (SSSR count). The fourth-order valence-electron chi connectivity index (χ4n) is 4.37. The highest BCUT2D eigenvalue weighted by molar-refractivity contribution is 5.93. The van der Waals surface area contributed by atoms with Gasteiger partial charge in [0.25, 0.3) is 0 Å². The number of anilines is 1. The summed E-state index contributed by atoms with van der Waals surface area (Å²) in [5.41, 5.74) is 7.46. The fraction of sp³-hybridized carbons (Fsp3) is 0.423. The van der Waals surface area contributed by atoms with Crippen molar-refractivity contribution in [3.8, 4) is 28.4 Å². The molecule has 0 aromatic heterocycles. The summed E-state index contributed by atoms with van der Waals surface area (Å²) in [5, 5.41) is 0. The van der Waals surface area contributed by atoms with E-state index in [2.05, 4.69) is 0 Å². The summed E-state index contributed by atoms with van der Waals surface area (Å²) in [5.74, 6) is -1.17. The highest BCUT2D eigenvalue weighted by atomic mass is 16.6. The largest absolute Gasteiger partial charge is 0.492 e. The molecule has 0 saturated heterocycles. The standard InChI is InChI=1S/C26H31NO8/c1-26(2,3)35-25(30)14-9-11-16-19(21(31-4)23(33-6)22(32-5)20(16)27)13-8-10-15(24(29)34-7)18(28)12-17(13)14/h8,10,12,14H,9,11,27H2,1-7H3. The third kappa shape index (κ3) is 4.76. The van der Waals surface area contributed by atoms with E-state index in [1.54, 1.807) is 26.8 Å². The van der Waals surface area contributed by atoms with Crippen molar-refractivity contribution in [1.29, 1.82) is 0 Å².